The number of fused-ring (bicyclic) bond motifs is 2. The summed E-state index contributed by atoms with van der Waals surface area (Å²) in [5.74, 6) is 2.80. The molecule has 1 amide bonds. The zero-order valence-corrected chi connectivity index (χ0v) is 13.9. The van der Waals surface area contributed by atoms with Gasteiger partial charge in [-0.05, 0) is 49.3 Å². The smallest absolute Gasteiger partial charge is 0.254 e. The lowest BCUT2D eigenvalue weighted by Gasteiger charge is -2.41. The monoisotopic (exact) mass is 314 g/mol. The summed E-state index contributed by atoms with van der Waals surface area (Å²) in [6, 6.07) is 8.28. The number of ether oxygens (including phenoxy) is 1. The third-order valence-electron chi connectivity index (χ3n) is 6.09. The standard InChI is InChI=1S/C19H26N2O2/c1-23-17-4-2-3-16(13-17)19(22)21-9-7-20(8-10-21)18-12-14-5-6-15(18)11-14/h2-4,13-15,18H,5-12H2,1H3/t14-,15-,18+/m1/s1. The molecule has 4 heteroatoms. The van der Waals surface area contributed by atoms with E-state index in [0.717, 1.165) is 55.4 Å². The van der Waals surface area contributed by atoms with Gasteiger partial charge in [-0.1, -0.05) is 12.5 Å². The maximum Gasteiger partial charge on any atom is 0.254 e. The van der Waals surface area contributed by atoms with Crippen molar-refractivity contribution in [3.63, 3.8) is 0 Å². The van der Waals surface area contributed by atoms with Crippen LogP contribution in [0.15, 0.2) is 24.3 Å². The van der Waals surface area contributed by atoms with E-state index in [9.17, 15) is 4.79 Å². The molecule has 3 atom stereocenters. The molecule has 1 saturated heterocycles. The Morgan fingerprint density at radius 1 is 1.13 bits per heavy atom. The van der Waals surface area contributed by atoms with E-state index in [2.05, 4.69) is 4.90 Å². The maximum atomic E-state index is 12.7. The van der Waals surface area contributed by atoms with Gasteiger partial charge in [0, 0.05) is 37.8 Å². The summed E-state index contributed by atoms with van der Waals surface area (Å²) < 4.78 is 5.23. The molecule has 1 aliphatic heterocycles. The normalized spacial score (nSPS) is 30.7. The zero-order valence-electron chi connectivity index (χ0n) is 13.9. The Hall–Kier alpha value is -1.55. The summed E-state index contributed by atoms with van der Waals surface area (Å²) in [4.78, 5) is 17.3. The van der Waals surface area contributed by atoms with Gasteiger partial charge in [-0.25, -0.2) is 0 Å². The topological polar surface area (TPSA) is 32.8 Å². The number of carbonyl (C=O) groups is 1. The molecule has 0 spiro atoms. The number of piperazine rings is 1. The Balaban J connectivity index is 1.36. The third-order valence-corrected chi connectivity index (χ3v) is 6.09. The highest BCUT2D eigenvalue weighted by atomic mass is 16.5. The SMILES string of the molecule is COc1cccc(C(=O)N2CCN([C@H]3C[C@@H]4CC[C@@H]3C4)CC2)c1. The van der Waals surface area contributed by atoms with Gasteiger partial charge >= 0.3 is 0 Å². The molecule has 2 aliphatic carbocycles. The van der Waals surface area contributed by atoms with E-state index >= 15 is 0 Å². The number of rotatable bonds is 3. The van der Waals surface area contributed by atoms with Crippen LogP contribution in [-0.4, -0.2) is 55.0 Å². The fourth-order valence-electron chi connectivity index (χ4n) is 4.85. The van der Waals surface area contributed by atoms with Crippen molar-refractivity contribution in [2.24, 2.45) is 11.8 Å². The molecule has 3 fully saturated rings. The fraction of sp³-hybridized carbons (Fsp3) is 0.632. The van der Waals surface area contributed by atoms with Crippen molar-refractivity contribution in [2.45, 2.75) is 31.7 Å². The van der Waals surface area contributed by atoms with Crippen LogP contribution in [0.5, 0.6) is 5.75 Å². The highest BCUT2D eigenvalue weighted by Gasteiger charge is 2.42. The van der Waals surface area contributed by atoms with Crippen LogP contribution in [0.3, 0.4) is 0 Å². The van der Waals surface area contributed by atoms with Crippen molar-refractivity contribution in [1.82, 2.24) is 9.80 Å². The number of benzene rings is 1. The van der Waals surface area contributed by atoms with E-state index in [1.165, 1.54) is 25.7 Å². The van der Waals surface area contributed by atoms with Gasteiger partial charge in [-0.15, -0.1) is 0 Å². The predicted molar refractivity (Wildman–Crippen MR) is 89.7 cm³/mol. The minimum atomic E-state index is 0.136. The molecule has 0 radical (unpaired) electrons. The van der Waals surface area contributed by atoms with Gasteiger partial charge in [-0.2, -0.15) is 0 Å². The third kappa shape index (κ3) is 2.85. The van der Waals surface area contributed by atoms with Gasteiger partial charge < -0.3 is 9.64 Å². The van der Waals surface area contributed by atoms with Crippen molar-refractivity contribution in [1.29, 1.82) is 0 Å². The van der Waals surface area contributed by atoms with E-state index in [0.29, 0.717) is 0 Å². The summed E-state index contributed by atoms with van der Waals surface area (Å²) in [5.41, 5.74) is 0.734. The van der Waals surface area contributed by atoms with Crippen LogP contribution in [0.1, 0.15) is 36.0 Å². The molecule has 0 aromatic heterocycles. The van der Waals surface area contributed by atoms with Crippen molar-refractivity contribution in [3.8, 4) is 5.75 Å². The average molecular weight is 314 g/mol. The Morgan fingerprint density at radius 2 is 1.96 bits per heavy atom. The van der Waals surface area contributed by atoms with Crippen LogP contribution in [-0.2, 0) is 0 Å². The minimum Gasteiger partial charge on any atom is -0.497 e. The number of hydrogen-bond acceptors (Lipinski definition) is 3. The van der Waals surface area contributed by atoms with E-state index in [-0.39, 0.29) is 5.91 Å². The Labute approximate surface area is 138 Å². The van der Waals surface area contributed by atoms with Gasteiger partial charge in [0.2, 0.25) is 0 Å². The number of hydrogen-bond donors (Lipinski definition) is 0. The van der Waals surface area contributed by atoms with E-state index < -0.39 is 0 Å². The van der Waals surface area contributed by atoms with Gasteiger partial charge in [0.15, 0.2) is 0 Å². The Kier molecular flexibility index (Phi) is 4.02. The zero-order chi connectivity index (χ0) is 15.8. The van der Waals surface area contributed by atoms with E-state index in [1.807, 2.05) is 29.2 Å². The first-order valence-electron chi connectivity index (χ1n) is 8.92. The second-order valence-electron chi connectivity index (χ2n) is 7.30. The molecule has 1 aromatic carbocycles. The van der Waals surface area contributed by atoms with Gasteiger partial charge in [-0.3, -0.25) is 9.69 Å². The summed E-state index contributed by atoms with van der Waals surface area (Å²) in [5, 5.41) is 0. The Bertz CT molecular complexity index is 580. The fourth-order valence-corrected chi connectivity index (χ4v) is 4.85. The first kappa shape index (κ1) is 15.0. The van der Waals surface area contributed by atoms with E-state index in [1.54, 1.807) is 7.11 Å². The van der Waals surface area contributed by atoms with Crippen molar-refractivity contribution < 1.29 is 9.53 Å². The first-order valence-corrected chi connectivity index (χ1v) is 8.92. The number of carbonyl (C=O) groups excluding carboxylic acids is 1. The van der Waals surface area contributed by atoms with Crippen molar-refractivity contribution in [2.75, 3.05) is 33.3 Å². The molecule has 2 saturated carbocycles. The highest BCUT2D eigenvalue weighted by molar-refractivity contribution is 5.94. The largest absolute Gasteiger partial charge is 0.497 e. The number of methoxy groups -OCH3 is 1. The molecule has 1 aromatic rings. The number of nitrogens with zero attached hydrogens (tertiary/aromatic N) is 2. The molecule has 3 aliphatic rings. The first-order chi connectivity index (χ1) is 11.2. The van der Waals surface area contributed by atoms with Gasteiger partial charge in [0.25, 0.3) is 5.91 Å². The summed E-state index contributed by atoms with van der Waals surface area (Å²) >= 11 is 0. The molecular formula is C19H26N2O2. The maximum absolute atomic E-state index is 12.7. The van der Waals surface area contributed by atoms with Crippen molar-refractivity contribution in [3.05, 3.63) is 29.8 Å². The molecule has 4 rings (SSSR count). The Morgan fingerprint density at radius 3 is 2.61 bits per heavy atom. The molecule has 1 heterocycles. The summed E-state index contributed by atoms with van der Waals surface area (Å²) in [6.45, 7) is 3.76. The average Bonchev–Trinajstić information content (AvgIpc) is 3.24. The summed E-state index contributed by atoms with van der Waals surface area (Å²) in [6.07, 6.45) is 5.73. The second kappa shape index (κ2) is 6.16. The van der Waals surface area contributed by atoms with Crippen LogP contribution >= 0.6 is 0 Å². The predicted octanol–water partition coefficient (Wildman–Crippen LogP) is 2.64. The quantitative estimate of drug-likeness (QED) is 0.860. The molecule has 4 nitrogen and oxygen atoms in total. The van der Waals surface area contributed by atoms with Crippen LogP contribution in [0.25, 0.3) is 0 Å². The van der Waals surface area contributed by atoms with Crippen molar-refractivity contribution >= 4 is 5.91 Å². The molecular weight excluding hydrogens is 288 g/mol. The van der Waals surface area contributed by atoms with E-state index in [4.69, 9.17) is 4.74 Å². The van der Waals surface area contributed by atoms with Crippen LogP contribution in [0.4, 0.5) is 0 Å². The van der Waals surface area contributed by atoms with Gasteiger partial charge in [0.1, 0.15) is 5.75 Å². The minimum absolute atomic E-state index is 0.136. The number of amides is 1. The molecule has 0 N–H and O–H groups in total. The summed E-state index contributed by atoms with van der Waals surface area (Å²) in [7, 11) is 1.64. The molecule has 0 unspecified atom stereocenters. The molecule has 23 heavy (non-hydrogen) atoms. The lowest BCUT2D eigenvalue weighted by Crippen LogP contribution is -2.53. The van der Waals surface area contributed by atoms with Crippen LogP contribution in [0.2, 0.25) is 0 Å². The highest BCUT2D eigenvalue weighted by Crippen LogP contribution is 2.46. The molecule has 2 bridgehead atoms. The van der Waals surface area contributed by atoms with Crippen LogP contribution < -0.4 is 4.74 Å². The van der Waals surface area contributed by atoms with Gasteiger partial charge in [0.05, 0.1) is 7.11 Å². The van der Waals surface area contributed by atoms with Crippen LogP contribution in [0, 0.1) is 11.8 Å². The molecule has 124 valence electrons. The lowest BCUT2D eigenvalue weighted by atomic mass is 9.93. The second-order valence-corrected chi connectivity index (χ2v) is 7.30. The lowest BCUT2D eigenvalue weighted by molar-refractivity contribution is 0.0495.